The molecule has 8 heteroatoms. The number of likely N-dealkylation sites (tertiary alicyclic amines) is 1. The molecule has 0 saturated carbocycles. The number of hydrogen-bond donors (Lipinski definition) is 2. The van der Waals surface area contributed by atoms with Crippen LogP contribution in [0.25, 0.3) is 0 Å². The quantitative estimate of drug-likeness (QED) is 0.542. The van der Waals surface area contributed by atoms with Crippen LogP contribution in [0.1, 0.15) is 47.0 Å². The molecule has 0 aromatic carbocycles. The second kappa shape index (κ2) is 8.30. The van der Waals surface area contributed by atoms with E-state index in [2.05, 4.69) is 6.58 Å². The van der Waals surface area contributed by atoms with Gasteiger partial charge in [-0.15, -0.1) is 6.58 Å². The molecule has 3 saturated heterocycles. The van der Waals surface area contributed by atoms with Crippen LogP contribution in [0.5, 0.6) is 0 Å². The first kappa shape index (κ1) is 22.7. The Hall–Kier alpha value is -1.93. The molecule has 7 atom stereocenters. The van der Waals surface area contributed by atoms with Crippen LogP contribution in [0, 0.1) is 17.8 Å². The zero-order valence-electron chi connectivity index (χ0n) is 18.3. The third-order valence-corrected chi connectivity index (χ3v) is 7.33. The van der Waals surface area contributed by atoms with Gasteiger partial charge in [0.1, 0.15) is 11.6 Å². The van der Waals surface area contributed by atoms with E-state index in [1.807, 2.05) is 27.7 Å². The zero-order chi connectivity index (χ0) is 22.4. The zero-order valence-corrected chi connectivity index (χ0v) is 18.3. The SMILES string of the molecule is C=CCN(C(=O)[C@H]1N([C@@H](CO)[C@@H](C)CC)C(=O)[C@@H]2[C@@H](C(=O)O)[C@H]3CC[C@]21O3)C(C)C. The molecule has 168 valence electrons. The second-order valence-electron chi connectivity index (χ2n) is 9.15. The van der Waals surface area contributed by atoms with Crippen molar-refractivity contribution < 1.29 is 29.3 Å². The summed E-state index contributed by atoms with van der Waals surface area (Å²) in [5, 5.41) is 20.0. The molecule has 3 heterocycles. The number of carboxylic acid groups (broad SMARTS) is 1. The Bertz CT molecular complexity index is 724. The van der Waals surface area contributed by atoms with Crippen molar-refractivity contribution >= 4 is 17.8 Å². The molecule has 0 aromatic rings. The minimum absolute atomic E-state index is 0.0585. The number of fused-ring (bicyclic) bond motifs is 1. The summed E-state index contributed by atoms with van der Waals surface area (Å²) in [7, 11) is 0. The van der Waals surface area contributed by atoms with Crippen LogP contribution in [0.3, 0.4) is 0 Å². The lowest BCUT2D eigenvalue weighted by molar-refractivity contribution is -0.155. The number of aliphatic hydroxyl groups is 1. The maximum atomic E-state index is 13.8. The fourth-order valence-electron chi connectivity index (χ4n) is 5.68. The Morgan fingerprint density at radius 3 is 2.57 bits per heavy atom. The van der Waals surface area contributed by atoms with Gasteiger partial charge < -0.3 is 24.7 Å². The van der Waals surface area contributed by atoms with E-state index < -0.39 is 41.6 Å². The van der Waals surface area contributed by atoms with Crippen molar-refractivity contribution in [2.45, 2.75) is 76.8 Å². The lowest BCUT2D eigenvalue weighted by Crippen LogP contribution is -2.60. The van der Waals surface area contributed by atoms with Crippen LogP contribution < -0.4 is 0 Å². The number of carbonyl (C=O) groups excluding carboxylic acids is 2. The number of amides is 2. The van der Waals surface area contributed by atoms with E-state index in [1.54, 1.807) is 11.0 Å². The van der Waals surface area contributed by atoms with Crippen molar-refractivity contribution in [1.82, 2.24) is 9.80 Å². The molecule has 3 fully saturated rings. The molecule has 3 aliphatic rings. The summed E-state index contributed by atoms with van der Waals surface area (Å²) in [6, 6.07) is -1.66. The van der Waals surface area contributed by atoms with Gasteiger partial charge in [0.05, 0.1) is 30.6 Å². The Kier molecular flexibility index (Phi) is 6.30. The van der Waals surface area contributed by atoms with Crippen LogP contribution >= 0.6 is 0 Å². The van der Waals surface area contributed by atoms with Crippen molar-refractivity contribution in [2.75, 3.05) is 13.2 Å². The molecule has 3 aliphatic heterocycles. The first-order valence-corrected chi connectivity index (χ1v) is 10.9. The highest BCUT2D eigenvalue weighted by Gasteiger charge is 2.75. The smallest absolute Gasteiger partial charge is 0.310 e. The van der Waals surface area contributed by atoms with Crippen molar-refractivity contribution in [2.24, 2.45) is 17.8 Å². The lowest BCUT2D eigenvalue weighted by Gasteiger charge is -2.41. The van der Waals surface area contributed by atoms with E-state index in [0.29, 0.717) is 25.8 Å². The molecule has 2 bridgehead atoms. The molecule has 2 amide bonds. The monoisotopic (exact) mass is 422 g/mol. The van der Waals surface area contributed by atoms with Gasteiger partial charge in [-0.1, -0.05) is 26.3 Å². The Morgan fingerprint density at radius 1 is 1.40 bits per heavy atom. The predicted octanol–water partition coefficient (Wildman–Crippen LogP) is 1.28. The Morgan fingerprint density at radius 2 is 2.07 bits per heavy atom. The van der Waals surface area contributed by atoms with E-state index in [4.69, 9.17) is 4.74 Å². The Labute approximate surface area is 177 Å². The van der Waals surface area contributed by atoms with E-state index in [1.165, 1.54) is 4.90 Å². The van der Waals surface area contributed by atoms with Gasteiger partial charge >= 0.3 is 5.97 Å². The Balaban J connectivity index is 2.13. The predicted molar refractivity (Wildman–Crippen MR) is 109 cm³/mol. The summed E-state index contributed by atoms with van der Waals surface area (Å²) >= 11 is 0. The second-order valence-corrected chi connectivity index (χ2v) is 9.15. The van der Waals surface area contributed by atoms with Crippen LogP contribution in [0.15, 0.2) is 12.7 Å². The van der Waals surface area contributed by atoms with Gasteiger partial charge in [0, 0.05) is 12.6 Å². The summed E-state index contributed by atoms with van der Waals surface area (Å²) < 4.78 is 6.21. The summed E-state index contributed by atoms with van der Waals surface area (Å²) in [5.74, 6) is -3.65. The number of rotatable bonds is 9. The van der Waals surface area contributed by atoms with Gasteiger partial charge in [0.2, 0.25) is 11.8 Å². The first-order chi connectivity index (χ1) is 14.2. The van der Waals surface area contributed by atoms with Crippen LogP contribution in [-0.2, 0) is 19.1 Å². The average Bonchev–Trinajstić information content (AvgIpc) is 3.33. The van der Waals surface area contributed by atoms with Gasteiger partial charge in [0.15, 0.2) is 0 Å². The molecule has 0 radical (unpaired) electrons. The summed E-state index contributed by atoms with van der Waals surface area (Å²) in [5.41, 5.74) is -1.16. The summed E-state index contributed by atoms with van der Waals surface area (Å²) in [4.78, 5) is 42.6. The fourth-order valence-corrected chi connectivity index (χ4v) is 5.68. The van der Waals surface area contributed by atoms with Crippen molar-refractivity contribution in [3.05, 3.63) is 12.7 Å². The molecular formula is C22H34N2O6. The van der Waals surface area contributed by atoms with Gasteiger partial charge in [-0.3, -0.25) is 14.4 Å². The maximum Gasteiger partial charge on any atom is 0.310 e. The molecule has 1 spiro atoms. The van der Waals surface area contributed by atoms with Crippen LogP contribution in [0.2, 0.25) is 0 Å². The number of hydrogen-bond acceptors (Lipinski definition) is 5. The highest BCUT2D eigenvalue weighted by Crippen LogP contribution is 2.59. The van der Waals surface area contributed by atoms with Crippen molar-refractivity contribution in [3.63, 3.8) is 0 Å². The number of carboxylic acids is 1. The largest absolute Gasteiger partial charge is 0.481 e. The third kappa shape index (κ3) is 3.15. The standard InChI is InChI=1S/C22H34N2O6/c1-6-10-23(12(3)4)20(27)18-22-9-8-15(30-22)16(21(28)29)17(22)19(26)24(18)14(11-25)13(5)7-2/h6,12-18,25H,1,7-11H2,2-5H3,(H,28,29)/t13-,14-,15+,16-,17-,18+,22-/m0/s1. The van der Waals surface area contributed by atoms with E-state index in [0.717, 1.165) is 0 Å². The molecule has 0 aliphatic carbocycles. The minimum Gasteiger partial charge on any atom is -0.481 e. The fraction of sp³-hybridized carbons (Fsp3) is 0.773. The van der Waals surface area contributed by atoms with Gasteiger partial charge in [-0.25, -0.2) is 0 Å². The maximum absolute atomic E-state index is 13.8. The van der Waals surface area contributed by atoms with Crippen LogP contribution in [-0.4, -0.2) is 80.8 Å². The first-order valence-electron chi connectivity index (χ1n) is 10.9. The highest BCUT2D eigenvalue weighted by molar-refractivity contribution is 5.98. The molecular weight excluding hydrogens is 388 g/mol. The summed E-state index contributed by atoms with van der Waals surface area (Å²) in [6.45, 7) is 11.4. The van der Waals surface area contributed by atoms with Gasteiger partial charge in [0.25, 0.3) is 0 Å². The molecule has 0 unspecified atom stereocenters. The topological polar surface area (TPSA) is 107 Å². The number of ether oxygens (including phenoxy) is 1. The molecule has 0 aromatic heterocycles. The molecule has 30 heavy (non-hydrogen) atoms. The average molecular weight is 423 g/mol. The number of carbonyl (C=O) groups is 3. The van der Waals surface area contributed by atoms with Gasteiger partial charge in [-0.05, 0) is 32.6 Å². The van der Waals surface area contributed by atoms with E-state index >= 15 is 0 Å². The minimum atomic E-state index is -1.16. The molecule has 3 rings (SSSR count). The third-order valence-electron chi connectivity index (χ3n) is 7.33. The number of aliphatic hydroxyl groups excluding tert-OH is 1. The van der Waals surface area contributed by atoms with Crippen molar-refractivity contribution in [1.29, 1.82) is 0 Å². The molecule has 8 nitrogen and oxygen atoms in total. The van der Waals surface area contributed by atoms with Crippen LogP contribution in [0.4, 0.5) is 0 Å². The lowest BCUT2D eigenvalue weighted by atomic mass is 9.70. The number of nitrogens with zero attached hydrogens (tertiary/aromatic N) is 2. The van der Waals surface area contributed by atoms with Crippen molar-refractivity contribution in [3.8, 4) is 0 Å². The number of aliphatic carboxylic acids is 1. The van der Waals surface area contributed by atoms with E-state index in [-0.39, 0.29) is 30.4 Å². The van der Waals surface area contributed by atoms with E-state index in [9.17, 15) is 24.6 Å². The summed E-state index contributed by atoms with van der Waals surface area (Å²) in [6.07, 6.45) is 2.76. The highest BCUT2D eigenvalue weighted by atomic mass is 16.5. The normalized spacial score (nSPS) is 34.2. The molecule has 2 N–H and O–H groups in total. The van der Waals surface area contributed by atoms with Gasteiger partial charge in [-0.2, -0.15) is 0 Å².